The van der Waals surface area contributed by atoms with Gasteiger partial charge in [0.25, 0.3) is 0 Å². The Kier molecular flexibility index (Phi) is 16.2. The van der Waals surface area contributed by atoms with Crippen molar-refractivity contribution in [3.8, 4) is 0 Å². The lowest BCUT2D eigenvalue weighted by Gasteiger charge is -2.24. The molecule has 10 heteroatoms. The van der Waals surface area contributed by atoms with Crippen LogP contribution in [0.25, 0.3) is 0 Å². The highest BCUT2D eigenvalue weighted by Gasteiger charge is 2.22. The zero-order valence-corrected chi connectivity index (χ0v) is 24.3. The normalized spacial score (nSPS) is 12.4. The molecule has 2 N–H and O–H groups in total. The monoisotopic (exact) mass is 531 g/mol. The van der Waals surface area contributed by atoms with Gasteiger partial charge in [-0.25, -0.2) is 0 Å². The Labute approximate surface area is 219 Å². The summed E-state index contributed by atoms with van der Waals surface area (Å²) in [6.07, 6.45) is 2.25. The molecule has 35 heavy (non-hydrogen) atoms. The molecule has 0 aromatic carbocycles. The summed E-state index contributed by atoms with van der Waals surface area (Å²) >= 11 is 0. The van der Waals surface area contributed by atoms with Gasteiger partial charge in [-0.15, -0.1) is 0 Å². The van der Waals surface area contributed by atoms with Gasteiger partial charge in [-0.3, -0.25) is 24.0 Å². The summed E-state index contributed by atoms with van der Waals surface area (Å²) in [5, 5.41) is 5.58. The standard InChI is InChI=1S/C25H45N3O5S2/c1-17(2)23(32)19(5)27-21(30)15-28(8)22(31)13-9-11-20(29)12-10-14-34-35-25(6,7)16-26-24(33)18(3)4/h17-19H,9-16H2,1-8H3,(H,26,33)(H,27,30)/t19-/m0/s1. The lowest BCUT2D eigenvalue weighted by molar-refractivity contribution is -0.135. The summed E-state index contributed by atoms with van der Waals surface area (Å²) in [6, 6.07) is -0.586. The van der Waals surface area contributed by atoms with Crippen molar-refractivity contribution in [2.45, 2.75) is 91.4 Å². The van der Waals surface area contributed by atoms with E-state index >= 15 is 0 Å². The predicted octanol–water partition coefficient (Wildman–Crippen LogP) is 3.63. The molecular weight excluding hydrogens is 486 g/mol. The van der Waals surface area contributed by atoms with E-state index in [2.05, 4.69) is 24.5 Å². The van der Waals surface area contributed by atoms with Gasteiger partial charge in [0.15, 0.2) is 5.78 Å². The Morgan fingerprint density at radius 3 is 2.06 bits per heavy atom. The molecule has 0 aliphatic carbocycles. The number of nitrogens with zero attached hydrogens (tertiary/aromatic N) is 1. The largest absolute Gasteiger partial charge is 0.354 e. The average Bonchev–Trinajstić information content (AvgIpc) is 2.75. The van der Waals surface area contributed by atoms with Crippen LogP contribution < -0.4 is 10.6 Å². The van der Waals surface area contributed by atoms with Gasteiger partial charge in [0, 0.05) is 55.2 Å². The SMILES string of the molecule is CC(C)C(=O)NCC(C)(C)SSCCCC(=O)CCCC(=O)N(C)CC(=O)N[C@@H](C)C(=O)C(C)C. The van der Waals surface area contributed by atoms with Crippen LogP contribution in [0.5, 0.6) is 0 Å². The van der Waals surface area contributed by atoms with Gasteiger partial charge in [0.2, 0.25) is 17.7 Å². The third-order valence-electron chi connectivity index (χ3n) is 5.21. The number of Topliss-reactive ketones (excluding diaryl/α,β-unsaturated/α-hetero) is 2. The lowest BCUT2D eigenvalue weighted by atomic mass is 10.0. The highest BCUT2D eigenvalue weighted by Crippen LogP contribution is 2.35. The third kappa shape index (κ3) is 15.9. The molecule has 0 saturated carbocycles. The van der Waals surface area contributed by atoms with Crippen molar-refractivity contribution in [3.05, 3.63) is 0 Å². The highest BCUT2D eigenvalue weighted by molar-refractivity contribution is 8.77. The molecule has 0 aliphatic rings. The number of likely N-dealkylation sites (N-methyl/N-ethyl adjacent to an activating group) is 1. The number of amides is 3. The molecule has 0 heterocycles. The first-order valence-corrected chi connectivity index (χ1v) is 14.6. The van der Waals surface area contributed by atoms with Gasteiger partial charge in [-0.1, -0.05) is 49.3 Å². The molecule has 8 nitrogen and oxygen atoms in total. The molecule has 0 aromatic rings. The van der Waals surface area contributed by atoms with Crippen LogP contribution >= 0.6 is 21.6 Å². The molecule has 202 valence electrons. The van der Waals surface area contributed by atoms with Crippen LogP contribution in [0, 0.1) is 11.8 Å². The summed E-state index contributed by atoms with van der Waals surface area (Å²) in [5.74, 6) is 0.195. The summed E-state index contributed by atoms with van der Waals surface area (Å²) in [7, 11) is 4.96. The van der Waals surface area contributed by atoms with Gasteiger partial charge in [0.1, 0.15) is 5.78 Å². The van der Waals surface area contributed by atoms with Gasteiger partial charge in [0.05, 0.1) is 12.6 Å². The van der Waals surface area contributed by atoms with Gasteiger partial charge >= 0.3 is 0 Å². The summed E-state index contributed by atoms with van der Waals surface area (Å²) in [5.41, 5.74) is 0. The van der Waals surface area contributed by atoms with E-state index in [1.54, 1.807) is 49.4 Å². The molecule has 0 fully saturated rings. The second-order valence-electron chi connectivity index (χ2n) is 10.1. The van der Waals surface area contributed by atoms with Crippen molar-refractivity contribution >= 4 is 50.9 Å². The van der Waals surface area contributed by atoms with Crippen LogP contribution in [0.1, 0.15) is 80.6 Å². The lowest BCUT2D eigenvalue weighted by Crippen LogP contribution is -2.45. The highest BCUT2D eigenvalue weighted by atomic mass is 33.1. The molecule has 3 amide bonds. The van der Waals surface area contributed by atoms with Crippen molar-refractivity contribution < 1.29 is 24.0 Å². The van der Waals surface area contributed by atoms with E-state index in [-0.39, 0.29) is 58.8 Å². The summed E-state index contributed by atoms with van der Waals surface area (Å²) in [4.78, 5) is 61.4. The molecule has 0 aliphatic heterocycles. The Hall–Kier alpha value is -1.55. The molecule has 0 spiro atoms. The van der Waals surface area contributed by atoms with Crippen molar-refractivity contribution in [2.75, 3.05) is 25.9 Å². The van der Waals surface area contributed by atoms with Crippen molar-refractivity contribution in [1.29, 1.82) is 0 Å². The molecule has 0 radical (unpaired) electrons. The zero-order valence-electron chi connectivity index (χ0n) is 22.7. The Morgan fingerprint density at radius 2 is 1.49 bits per heavy atom. The molecule has 0 bridgehead atoms. The Morgan fingerprint density at radius 1 is 0.886 bits per heavy atom. The second kappa shape index (κ2) is 17.0. The van der Waals surface area contributed by atoms with Gasteiger partial charge in [-0.2, -0.15) is 0 Å². The fourth-order valence-corrected chi connectivity index (χ4v) is 5.51. The minimum Gasteiger partial charge on any atom is -0.354 e. The zero-order chi connectivity index (χ0) is 27.2. The number of carbonyl (C=O) groups is 5. The summed E-state index contributed by atoms with van der Waals surface area (Å²) < 4.78 is -0.0927. The van der Waals surface area contributed by atoms with E-state index in [0.717, 1.165) is 12.2 Å². The molecule has 0 rings (SSSR count). The average molecular weight is 532 g/mol. The van der Waals surface area contributed by atoms with Gasteiger partial charge < -0.3 is 15.5 Å². The number of ketones is 2. The number of carbonyl (C=O) groups excluding carboxylic acids is 5. The van der Waals surface area contributed by atoms with Crippen molar-refractivity contribution in [1.82, 2.24) is 15.5 Å². The molecule has 0 aromatic heterocycles. The van der Waals surface area contributed by atoms with Crippen molar-refractivity contribution in [3.63, 3.8) is 0 Å². The first-order chi connectivity index (χ1) is 16.2. The topological polar surface area (TPSA) is 113 Å². The van der Waals surface area contributed by atoms with E-state index in [1.807, 2.05) is 13.8 Å². The van der Waals surface area contributed by atoms with Gasteiger partial charge in [-0.05, 0) is 33.6 Å². The van der Waals surface area contributed by atoms with Crippen LogP contribution in [0.15, 0.2) is 0 Å². The van der Waals surface area contributed by atoms with Crippen LogP contribution in [-0.4, -0.2) is 70.9 Å². The smallest absolute Gasteiger partial charge is 0.240 e. The molecule has 0 unspecified atom stereocenters. The molecular formula is C25H45N3O5S2. The fourth-order valence-electron chi connectivity index (χ4n) is 2.98. The predicted molar refractivity (Wildman–Crippen MR) is 145 cm³/mol. The third-order valence-corrected chi connectivity index (χ3v) is 8.58. The van der Waals surface area contributed by atoms with E-state index in [1.165, 1.54) is 4.90 Å². The number of rotatable bonds is 18. The maximum Gasteiger partial charge on any atom is 0.240 e. The number of hydrogen-bond acceptors (Lipinski definition) is 7. The fraction of sp³-hybridized carbons (Fsp3) is 0.800. The van der Waals surface area contributed by atoms with Crippen LogP contribution in [0.3, 0.4) is 0 Å². The maximum atomic E-state index is 12.2. The molecule has 1 atom stereocenters. The minimum absolute atomic E-state index is 0.0278. The maximum absolute atomic E-state index is 12.2. The second-order valence-corrected chi connectivity index (χ2v) is 13.3. The number of nitrogens with one attached hydrogen (secondary N) is 2. The van der Waals surface area contributed by atoms with Crippen molar-refractivity contribution in [2.24, 2.45) is 11.8 Å². The van der Waals surface area contributed by atoms with E-state index in [9.17, 15) is 24.0 Å². The minimum atomic E-state index is -0.586. The Balaban J connectivity index is 4.03. The quantitative estimate of drug-likeness (QED) is 0.205. The van der Waals surface area contributed by atoms with Crippen LogP contribution in [0.4, 0.5) is 0 Å². The van der Waals surface area contributed by atoms with E-state index in [4.69, 9.17) is 0 Å². The Bertz CT molecular complexity index is 726. The number of hydrogen-bond donors (Lipinski definition) is 2. The summed E-state index contributed by atoms with van der Waals surface area (Å²) in [6.45, 7) is 13.6. The molecule has 0 saturated heterocycles. The first-order valence-electron chi connectivity index (χ1n) is 12.3. The van der Waals surface area contributed by atoms with Crippen LogP contribution in [0.2, 0.25) is 0 Å². The van der Waals surface area contributed by atoms with E-state index in [0.29, 0.717) is 25.8 Å². The first kappa shape index (κ1) is 33.4. The van der Waals surface area contributed by atoms with E-state index < -0.39 is 6.04 Å². The van der Waals surface area contributed by atoms with Crippen LogP contribution in [-0.2, 0) is 24.0 Å².